The lowest BCUT2D eigenvalue weighted by Crippen LogP contribution is -2.17. The maximum absolute atomic E-state index is 13.0. The smallest absolute Gasteiger partial charge is 0.274 e. The van der Waals surface area contributed by atoms with E-state index in [1.165, 1.54) is 7.11 Å². The Kier molecular flexibility index (Phi) is 13.9. The van der Waals surface area contributed by atoms with Crippen LogP contribution in [-0.2, 0) is 19.7 Å². The highest BCUT2D eigenvalue weighted by Gasteiger charge is 2.18. The summed E-state index contributed by atoms with van der Waals surface area (Å²) in [5.74, 6) is 0.405. The number of nitrogens with zero attached hydrogens (tertiary/aromatic N) is 2. The molecule has 0 aliphatic carbocycles. The molecule has 0 atom stereocenters. The van der Waals surface area contributed by atoms with E-state index in [0.717, 1.165) is 11.1 Å². The van der Waals surface area contributed by atoms with Gasteiger partial charge in [0.05, 0.1) is 27.9 Å². The second-order valence-corrected chi connectivity index (χ2v) is 11.3. The molecular formula is C33H36Cl3N5O5. The van der Waals surface area contributed by atoms with E-state index < -0.39 is 5.91 Å². The van der Waals surface area contributed by atoms with Crippen LogP contribution in [0, 0.1) is 0 Å². The van der Waals surface area contributed by atoms with Gasteiger partial charge in [0.15, 0.2) is 0 Å². The minimum atomic E-state index is -0.409. The van der Waals surface area contributed by atoms with Crippen LogP contribution < -0.4 is 25.4 Å². The summed E-state index contributed by atoms with van der Waals surface area (Å²) in [6.07, 6.45) is 2.94. The van der Waals surface area contributed by atoms with Crippen LogP contribution in [0.5, 0.6) is 11.6 Å². The van der Waals surface area contributed by atoms with Crippen molar-refractivity contribution in [3.05, 3.63) is 98.4 Å². The molecule has 0 aliphatic heterocycles. The molecule has 0 aliphatic rings. The second-order valence-electron chi connectivity index (χ2n) is 10.2. The van der Waals surface area contributed by atoms with Crippen LogP contribution in [-0.4, -0.2) is 59.5 Å². The van der Waals surface area contributed by atoms with Gasteiger partial charge in [-0.2, -0.15) is 0 Å². The van der Waals surface area contributed by atoms with Gasteiger partial charge < -0.3 is 35.6 Å². The summed E-state index contributed by atoms with van der Waals surface area (Å²) < 4.78 is 11.5. The molecule has 0 unspecified atom stereocenters. The topological polar surface area (TPSA) is 138 Å². The van der Waals surface area contributed by atoms with Gasteiger partial charge >= 0.3 is 0 Å². The number of anilines is 1. The summed E-state index contributed by atoms with van der Waals surface area (Å²) in [5.41, 5.74) is 4.03. The molecule has 244 valence electrons. The number of ether oxygens (including phenoxy) is 2. The lowest BCUT2D eigenvalue weighted by molar-refractivity contribution is 0.102. The number of rotatable bonds is 17. The Hall–Kier alpha value is -3.48. The van der Waals surface area contributed by atoms with Gasteiger partial charge in [-0.05, 0) is 55.8 Å². The number of aliphatic hydroxyl groups excluding tert-OH is 2. The van der Waals surface area contributed by atoms with Gasteiger partial charge in [-0.15, -0.1) is 0 Å². The predicted molar refractivity (Wildman–Crippen MR) is 181 cm³/mol. The first-order valence-electron chi connectivity index (χ1n) is 14.7. The predicted octanol–water partition coefficient (Wildman–Crippen LogP) is 5.89. The van der Waals surface area contributed by atoms with E-state index in [1.54, 1.807) is 48.7 Å². The Bertz CT molecular complexity index is 1610. The van der Waals surface area contributed by atoms with Crippen LogP contribution in [0.1, 0.15) is 40.2 Å². The Morgan fingerprint density at radius 2 is 1.59 bits per heavy atom. The Morgan fingerprint density at radius 1 is 0.891 bits per heavy atom. The molecule has 0 saturated carbocycles. The Labute approximate surface area is 283 Å². The van der Waals surface area contributed by atoms with Gasteiger partial charge in [-0.3, -0.25) is 9.78 Å². The minimum absolute atomic E-state index is 0.0327. The standard InChI is InChI=1S/C33H36Cl3N5O5/c1-45-33-22(19-38-13-5-15-43)16-25(34)28(41-33)20-46-29-9-3-7-24(31(29)36)23-6-2-8-26(30(23)35)40-32(44)27-11-10-21(18-39-27)17-37-12-4-14-42/h2-3,6-11,16,18,37-38,42-43H,4-5,12-15,17,19-20H2,1H3,(H,40,44). The fourth-order valence-electron chi connectivity index (χ4n) is 4.48. The molecule has 4 aromatic rings. The van der Waals surface area contributed by atoms with Gasteiger partial charge in [0.2, 0.25) is 5.88 Å². The zero-order chi connectivity index (χ0) is 32.9. The molecule has 0 saturated heterocycles. The average Bonchev–Trinajstić information content (AvgIpc) is 3.06. The zero-order valence-electron chi connectivity index (χ0n) is 25.3. The molecule has 2 aromatic carbocycles. The summed E-state index contributed by atoms with van der Waals surface area (Å²) in [6.45, 7) is 2.67. The van der Waals surface area contributed by atoms with Gasteiger partial charge in [-0.1, -0.05) is 65.1 Å². The number of amides is 1. The van der Waals surface area contributed by atoms with Crippen LogP contribution in [0.25, 0.3) is 11.1 Å². The van der Waals surface area contributed by atoms with Crippen molar-refractivity contribution in [2.24, 2.45) is 0 Å². The Morgan fingerprint density at radius 3 is 2.26 bits per heavy atom. The molecule has 4 rings (SSSR count). The average molecular weight is 689 g/mol. The molecule has 0 bridgehead atoms. The van der Waals surface area contributed by atoms with E-state index >= 15 is 0 Å². The van der Waals surface area contributed by atoms with Crippen LogP contribution >= 0.6 is 34.8 Å². The number of carbonyl (C=O) groups excluding carboxylic acids is 1. The maximum atomic E-state index is 13.0. The molecule has 0 radical (unpaired) electrons. The van der Waals surface area contributed by atoms with E-state index in [1.807, 2.05) is 12.1 Å². The van der Waals surface area contributed by atoms with E-state index in [2.05, 4.69) is 25.9 Å². The zero-order valence-corrected chi connectivity index (χ0v) is 27.6. The number of nitrogens with one attached hydrogen (secondary N) is 3. The first-order valence-corrected chi connectivity index (χ1v) is 15.8. The maximum Gasteiger partial charge on any atom is 0.274 e. The van der Waals surface area contributed by atoms with Crippen LogP contribution in [0.2, 0.25) is 15.1 Å². The number of halogens is 3. The van der Waals surface area contributed by atoms with Gasteiger partial charge in [-0.25, -0.2) is 4.98 Å². The molecular weight excluding hydrogens is 653 g/mol. The van der Waals surface area contributed by atoms with Gasteiger partial charge in [0, 0.05) is 49.2 Å². The third kappa shape index (κ3) is 9.52. The fourth-order valence-corrected chi connectivity index (χ4v) is 5.26. The number of pyridine rings is 2. The lowest BCUT2D eigenvalue weighted by atomic mass is 10.0. The Balaban J connectivity index is 1.45. The van der Waals surface area contributed by atoms with Crippen molar-refractivity contribution in [2.75, 3.05) is 38.7 Å². The summed E-state index contributed by atoms with van der Waals surface area (Å²) in [4.78, 5) is 21.8. The number of hydrogen-bond acceptors (Lipinski definition) is 9. The van der Waals surface area contributed by atoms with Gasteiger partial charge in [0.25, 0.3) is 5.91 Å². The fraction of sp³-hybridized carbons (Fsp3) is 0.303. The van der Waals surface area contributed by atoms with E-state index in [-0.39, 0.29) is 25.5 Å². The largest absolute Gasteiger partial charge is 0.486 e. The monoisotopic (exact) mass is 687 g/mol. The molecule has 0 fully saturated rings. The number of methoxy groups -OCH3 is 1. The lowest BCUT2D eigenvalue weighted by Gasteiger charge is -2.16. The van der Waals surface area contributed by atoms with Crippen molar-refractivity contribution in [3.63, 3.8) is 0 Å². The van der Waals surface area contributed by atoms with Crippen LogP contribution in [0.3, 0.4) is 0 Å². The highest BCUT2D eigenvalue weighted by atomic mass is 35.5. The molecule has 1 amide bonds. The second kappa shape index (κ2) is 18.0. The third-order valence-electron chi connectivity index (χ3n) is 6.87. The number of hydrogen-bond donors (Lipinski definition) is 5. The summed E-state index contributed by atoms with van der Waals surface area (Å²) >= 11 is 20.1. The van der Waals surface area contributed by atoms with Crippen LogP contribution in [0.4, 0.5) is 5.69 Å². The van der Waals surface area contributed by atoms with Crippen molar-refractivity contribution < 1.29 is 24.5 Å². The highest BCUT2D eigenvalue weighted by Crippen LogP contribution is 2.41. The van der Waals surface area contributed by atoms with Gasteiger partial charge in [0.1, 0.15) is 23.7 Å². The molecule has 46 heavy (non-hydrogen) atoms. The summed E-state index contributed by atoms with van der Waals surface area (Å²) in [5, 5.41) is 28.2. The highest BCUT2D eigenvalue weighted by molar-refractivity contribution is 6.39. The number of aliphatic hydroxyl groups is 2. The van der Waals surface area contributed by atoms with Crippen molar-refractivity contribution in [1.29, 1.82) is 0 Å². The number of carbonyl (C=O) groups is 1. The molecule has 2 heterocycles. The molecule has 5 N–H and O–H groups in total. The summed E-state index contributed by atoms with van der Waals surface area (Å²) in [7, 11) is 1.53. The van der Waals surface area contributed by atoms with E-state index in [0.29, 0.717) is 88.2 Å². The first-order chi connectivity index (χ1) is 22.4. The third-order valence-corrected chi connectivity index (χ3v) is 8.00. The molecule has 13 heteroatoms. The first kappa shape index (κ1) is 35.4. The van der Waals surface area contributed by atoms with Crippen molar-refractivity contribution >= 4 is 46.4 Å². The summed E-state index contributed by atoms with van der Waals surface area (Å²) in [6, 6.07) is 15.8. The van der Waals surface area contributed by atoms with E-state index in [4.69, 9.17) is 54.5 Å². The minimum Gasteiger partial charge on any atom is -0.486 e. The van der Waals surface area contributed by atoms with Crippen molar-refractivity contribution in [3.8, 4) is 22.8 Å². The molecule has 2 aromatic heterocycles. The number of aromatic nitrogens is 2. The SMILES string of the molecule is COc1nc(COc2cccc(-c3cccc(NC(=O)c4ccc(CNCCCO)cn4)c3Cl)c2Cl)c(Cl)cc1CNCCCO. The van der Waals surface area contributed by atoms with Crippen molar-refractivity contribution in [1.82, 2.24) is 20.6 Å². The molecule has 10 nitrogen and oxygen atoms in total. The normalized spacial score (nSPS) is 11.0. The quantitative estimate of drug-likeness (QED) is 0.0861. The molecule has 0 spiro atoms. The van der Waals surface area contributed by atoms with Crippen LogP contribution in [0.15, 0.2) is 60.8 Å². The van der Waals surface area contributed by atoms with Crippen molar-refractivity contribution in [2.45, 2.75) is 32.5 Å². The van der Waals surface area contributed by atoms with E-state index in [9.17, 15) is 4.79 Å². The number of benzene rings is 2.